The highest BCUT2D eigenvalue weighted by Gasteiger charge is 2.30. The lowest BCUT2D eigenvalue weighted by Crippen LogP contribution is -2.39. The lowest BCUT2D eigenvalue weighted by atomic mass is 10.1. The molecule has 3 amide bonds. The molecular formula is C23H26FN3O4. The molecule has 164 valence electrons. The zero-order chi connectivity index (χ0) is 22.4. The van der Waals surface area contributed by atoms with Crippen molar-refractivity contribution in [3.8, 4) is 0 Å². The van der Waals surface area contributed by atoms with Crippen molar-refractivity contribution in [2.45, 2.75) is 25.9 Å². The van der Waals surface area contributed by atoms with Gasteiger partial charge in [0.25, 0.3) is 0 Å². The lowest BCUT2D eigenvalue weighted by Gasteiger charge is -2.28. The van der Waals surface area contributed by atoms with Crippen LogP contribution in [-0.2, 0) is 20.7 Å². The largest absolute Gasteiger partial charge is 0.439 e. The summed E-state index contributed by atoms with van der Waals surface area (Å²) in [5, 5.41) is 2.60. The van der Waals surface area contributed by atoms with E-state index in [1.165, 1.54) is 21.9 Å². The number of benzene rings is 2. The summed E-state index contributed by atoms with van der Waals surface area (Å²) in [5.41, 5.74) is 1.94. The Bertz CT molecular complexity index is 948. The highest BCUT2D eigenvalue weighted by molar-refractivity contribution is 5.94. The van der Waals surface area contributed by atoms with E-state index in [0.717, 1.165) is 0 Å². The average Bonchev–Trinajstić information content (AvgIpc) is 2.80. The molecule has 1 N–H and O–H groups in total. The van der Waals surface area contributed by atoms with E-state index in [9.17, 15) is 18.8 Å². The SMILES string of the molecule is CCNC(=O)OC1CN(C(=O)Cc2ccc(F)cc2)CCC(=O)N(C)c2ccccc21. The van der Waals surface area contributed by atoms with Crippen LogP contribution in [0.3, 0.4) is 0 Å². The quantitative estimate of drug-likeness (QED) is 0.814. The van der Waals surface area contributed by atoms with Crippen LogP contribution in [0.2, 0.25) is 0 Å². The molecule has 0 spiro atoms. The van der Waals surface area contributed by atoms with Crippen LogP contribution in [0.25, 0.3) is 0 Å². The van der Waals surface area contributed by atoms with Crippen LogP contribution >= 0.6 is 0 Å². The maximum Gasteiger partial charge on any atom is 0.407 e. The molecule has 0 saturated carbocycles. The summed E-state index contributed by atoms with van der Waals surface area (Å²) in [6, 6.07) is 12.9. The van der Waals surface area contributed by atoms with Gasteiger partial charge in [-0.1, -0.05) is 30.3 Å². The fourth-order valence-electron chi connectivity index (χ4n) is 3.52. The number of carbonyl (C=O) groups excluding carboxylic acids is 3. The number of nitrogens with one attached hydrogen (secondary N) is 1. The highest BCUT2D eigenvalue weighted by atomic mass is 19.1. The summed E-state index contributed by atoms with van der Waals surface area (Å²) >= 11 is 0. The van der Waals surface area contributed by atoms with Gasteiger partial charge in [-0.3, -0.25) is 9.59 Å². The first-order chi connectivity index (χ1) is 14.9. The number of halogens is 1. The molecule has 2 aromatic rings. The monoisotopic (exact) mass is 427 g/mol. The van der Waals surface area contributed by atoms with E-state index < -0.39 is 12.2 Å². The summed E-state index contributed by atoms with van der Waals surface area (Å²) in [6.07, 6.45) is -1.16. The van der Waals surface area contributed by atoms with Gasteiger partial charge in [-0.05, 0) is 30.7 Å². The number of carbonyl (C=O) groups is 3. The van der Waals surface area contributed by atoms with Crippen molar-refractivity contribution in [1.29, 1.82) is 0 Å². The van der Waals surface area contributed by atoms with Gasteiger partial charge in [-0.25, -0.2) is 9.18 Å². The van der Waals surface area contributed by atoms with E-state index in [4.69, 9.17) is 4.74 Å². The van der Waals surface area contributed by atoms with Crippen LogP contribution in [-0.4, -0.2) is 49.5 Å². The minimum absolute atomic E-state index is 0.0554. The zero-order valence-corrected chi connectivity index (χ0v) is 17.6. The number of rotatable bonds is 4. The van der Waals surface area contributed by atoms with Crippen LogP contribution in [0.15, 0.2) is 48.5 Å². The van der Waals surface area contributed by atoms with Gasteiger partial charge in [0.05, 0.1) is 18.7 Å². The summed E-state index contributed by atoms with van der Waals surface area (Å²) in [6.45, 7) is 2.48. The normalized spacial score (nSPS) is 16.6. The molecule has 8 heteroatoms. The second-order valence-corrected chi connectivity index (χ2v) is 7.33. The second kappa shape index (κ2) is 10.1. The van der Waals surface area contributed by atoms with Crippen LogP contribution in [0, 0.1) is 5.82 Å². The molecular weight excluding hydrogens is 401 g/mol. The Kier molecular flexibility index (Phi) is 7.23. The molecule has 3 rings (SSSR count). The fourth-order valence-corrected chi connectivity index (χ4v) is 3.52. The third-order valence-electron chi connectivity index (χ3n) is 5.19. The van der Waals surface area contributed by atoms with Crippen molar-refractivity contribution in [3.05, 3.63) is 65.5 Å². The Morgan fingerprint density at radius 3 is 2.58 bits per heavy atom. The van der Waals surface area contributed by atoms with Crippen LogP contribution < -0.4 is 10.2 Å². The summed E-state index contributed by atoms with van der Waals surface area (Å²) in [7, 11) is 1.67. The predicted octanol–water partition coefficient (Wildman–Crippen LogP) is 3.05. The van der Waals surface area contributed by atoms with E-state index in [1.54, 1.807) is 50.4 Å². The summed E-state index contributed by atoms with van der Waals surface area (Å²) in [4.78, 5) is 41.0. The van der Waals surface area contributed by atoms with Gasteiger partial charge in [0.1, 0.15) is 11.9 Å². The smallest absolute Gasteiger partial charge is 0.407 e. The number of ether oxygens (including phenoxy) is 1. The van der Waals surface area contributed by atoms with Gasteiger partial charge in [-0.2, -0.15) is 0 Å². The van der Waals surface area contributed by atoms with Crippen molar-refractivity contribution in [2.24, 2.45) is 0 Å². The molecule has 1 heterocycles. The third-order valence-corrected chi connectivity index (χ3v) is 5.19. The van der Waals surface area contributed by atoms with Crippen LogP contribution in [0.1, 0.15) is 30.6 Å². The van der Waals surface area contributed by atoms with Crippen molar-refractivity contribution < 1.29 is 23.5 Å². The summed E-state index contributed by atoms with van der Waals surface area (Å²) in [5.74, 6) is -0.753. The van der Waals surface area contributed by atoms with Crippen molar-refractivity contribution in [1.82, 2.24) is 10.2 Å². The fraction of sp³-hybridized carbons (Fsp3) is 0.348. The molecule has 0 saturated heterocycles. The zero-order valence-electron chi connectivity index (χ0n) is 17.6. The first kappa shape index (κ1) is 22.3. The minimum Gasteiger partial charge on any atom is -0.439 e. The number of fused-ring (bicyclic) bond motifs is 1. The standard InChI is InChI=1S/C23H26FN3O4/c1-3-25-23(30)31-20-15-27(22(29)14-16-8-10-17(24)11-9-16)13-12-21(28)26(2)19-7-5-4-6-18(19)20/h4-11,20H,3,12-15H2,1-2H3,(H,25,30). The Morgan fingerprint density at radius 2 is 1.87 bits per heavy atom. The van der Waals surface area contributed by atoms with E-state index in [0.29, 0.717) is 23.4 Å². The third kappa shape index (κ3) is 5.59. The van der Waals surface area contributed by atoms with Gasteiger partial charge in [0, 0.05) is 32.1 Å². The van der Waals surface area contributed by atoms with Crippen molar-refractivity contribution in [2.75, 3.05) is 31.6 Å². The van der Waals surface area contributed by atoms with E-state index in [1.807, 2.05) is 0 Å². The average molecular weight is 427 g/mol. The first-order valence-corrected chi connectivity index (χ1v) is 10.2. The minimum atomic E-state index is -0.756. The number of amides is 3. The summed E-state index contributed by atoms with van der Waals surface area (Å²) < 4.78 is 18.8. The maximum atomic E-state index is 13.2. The molecule has 0 radical (unpaired) electrons. The Labute approximate surface area is 180 Å². The van der Waals surface area contributed by atoms with Crippen LogP contribution in [0.5, 0.6) is 0 Å². The highest BCUT2D eigenvalue weighted by Crippen LogP contribution is 2.31. The van der Waals surface area contributed by atoms with Gasteiger partial charge in [0.2, 0.25) is 11.8 Å². The number of hydrogen-bond donors (Lipinski definition) is 1. The topological polar surface area (TPSA) is 79.0 Å². The molecule has 0 aliphatic carbocycles. The maximum absolute atomic E-state index is 13.2. The number of alkyl carbamates (subject to hydrolysis) is 1. The van der Waals surface area contributed by atoms with E-state index in [-0.39, 0.29) is 43.6 Å². The van der Waals surface area contributed by atoms with E-state index in [2.05, 4.69) is 5.32 Å². The van der Waals surface area contributed by atoms with Gasteiger partial charge >= 0.3 is 6.09 Å². The number of anilines is 1. The van der Waals surface area contributed by atoms with Crippen molar-refractivity contribution in [3.63, 3.8) is 0 Å². The van der Waals surface area contributed by atoms with Gasteiger partial charge in [0.15, 0.2) is 0 Å². The number of hydrogen-bond acceptors (Lipinski definition) is 4. The molecule has 1 atom stereocenters. The Balaban J connectivity index is 1.91. The van der Waals surface area contributed by atoms with Crippen LogP contribution in [0.4, 0.5) is 14.9 Å². The first-order valence-electron chi connectivity index (χ1n) is 10.2. The molecule has 31 heavy (non-hydrogen) atoms. The van der Waals surface area contributed by atoms with E-state index >= 15 is 0 Å². The molecule has 0 bridgehead atoms. The number of nitrogens with zero attached hydrogens (tertiary/aromatic N) is 2. The van der Waals surface area contributed by atoms with Crippen molar-refractivity contribution >= 4 is 23.6 Å². The Hall–Kier alpha value is -3.42. The van der Waals surface area contributed by atoms with Gasteiger partial charge < -0.3 is 19.9 Å². The second-order valence-electron chi connectivity index (χ2n) is 7.33. The van der Waals surface area contributed by atoms with Gasteiger partial charge in [-0.15, -0.1) is 0 Å². The molecule has 1 unspecified atom stereocenters. The molecule has 1 aliphatic heterocycles. The molecule has 2 aromatic carbocycles. The molecule has 0 aromatic heterocycles. The molecule has 7 nitrogen and oxygen atoms in total. The molecule has 1 aliphatic rings. The Morgan fingerprint density at radius 1 is 1.16 bits per heavy atom. The predicted molar refractivity (Wildman–Crippen MR) is 114 cm³/mol. The molecule has 0 fully saturated rings. The number of para-hydroxylation sites is 1. The lowest BCUT2D eigenvalue weighted by molar-refractivity contribution is -0.132.